The average Bonchev–Trinajstić information content (AvgIpc) is 3.55. The first-order valence-corrected chi connectivity index (χ1v) is 13.0. The molecule has 2 amide bonds. The number of benzene rings is 2. The van der Waals surface area contributed by atoms with Crippen LogP contribution in [0.5, 0.6) is 0 Å². The van der Waals surface area contributed by atoms with Crippen molar-refractivity contribution >= 4 is 34.1 Å². The zero-order valence-corrected chi connectivity index (χ0v) is 22.1. The standard InChI is InChI=1S/C28H34F2N6O2/c1-18-4-5-24(30)23-15-25(32-27(18)23)28(38)31-20-12-19(29)13-22(14-20)36-7-6-21(16-36)35-10-8-34(9-11-35)17-26(37)33(2)3/h4-5,12-15,21,32H,6-11,16-17H2,1-3H3,(H,31,38)/t21-/m1/s1. The molecule has 202 valence electrons. The van der Waals surface area contributed by atoms with Crippen LogP contribution in [0.3, 0.4) is 0 Å². The van der Waals surface area contributed by atoms with Crippen LogP contribution in [0.15, 0.2) is 36.4 Å². The second-order valence-corrected chi connectivity index (χ2v) is 10.5. The molecule has 8 nitrogen and oxygen atoms in total. The maximum Gasteiger partial charge on any atom is 0.272 e. The molecular weight excluding hydrogens is 490 g/mol. The van der Waals surface area contributed by atoms with Crippen LogP contribution in [0.25, 0.3) is 10.9 Å². The number of fused-ring (bicyclic) bond motifs is 1. The minimum Gasteiger partial charge on any atom is -0.370 e. The topological polar surface area (TPSA) is 74.9 Å². The van der Waals surface area contributed by atoms with E-state index in [1.54, 1.807) is 31.1 Å². The molecule has 0 unspecified atom stereocenters. The quantitative estimate of drug-likeness (QED) is 0.518. The second-order valence-electron chi connectivity index (χ2n) is 10.5. The van der Waals surface area contributed by atoms with Crippen LogP contribution >= 0.6 is 0 Å². The average molecular weight is 525 g/mol. The third-order valence-corrected chi connectivity index (χ3v) is 7.64. The number of amides is 2. The molecule has 38 heavy (non-hydrogen) atoms. The summed E-state index contributed by atoms with van der Waals surface area (Å²) in [5.74, 6) is -1.17. The van der Waals surface area contributed by atoms with E-state index in [1.165, 1.54) is 24.3 Å². The van der Waals surface area contributed by atoms with E-state index in [9.17, 15) is 18.4 Å². The predicted molar refractivity (Wildman–Crippen MR) is 145 cm³/mol. The molecule has 2 aliphatic rings. The number of nitrogens with zero attached hydrogens (tertiary/aromatic N) is 4. The molecule has 2 saturated heterocycles. The third kappa shape index (κ3) is 5.51. The number of aryl methyl sites for hydroxylation is 1. The predicted octanol–water partition coefficient (Wildman–Crippen LogP) is 3.29. The van der Waals surface area contributed by atoms with Gasteiger partial charge in [0.05, 0.1) is 12.1 Å². The lowest BCUT2D eigenvalue weighted by atomic mass is 10.1. The summed E-state index contributed by atoms with van der Waals surface area (Å²) in [7, 11) is 3.55. The number of halogens is 2. The first-order valence-electron chi connectivity index (χ1n) is 13.0. The number of likely N-dealkylation sites (N-methyl/N-ethyl adjacent to an activating group) is 1. The van der Waals surface area contributed by atoms with Crippen LogP contribution in [0.4, 0.5) is 20.2 Å². The smallest absolute Gasteiger partial charge is 0.272 e. The Morgan fingerprint density at radius 2 is 1.82 bits per heavy atom. The minimum atomic E-state index is -0.457. The SMILES string of the molecule is Cc1ccc(F)c2cc(C(=O)Nc3cc(F)cc(N4CC[C@@H](N5CCN(CC(=O)N(C)C)CC5)C4)c3)[nH]c12. The molecule has 0 saturated carbocycles. The van der Waals surface area contributed by atoms with Crippen LogP contribution in [-0.4, -0.2) is 97.4 Å². The summed E-state index contributed by atoms with van der Waals surface area (Å²) in [6, 6.07) is 9.43. The zero-order valence-electron chi connectivity index (χ0n) is 22.1. The molecule has 1 aromatic heterocycles. The summed E-state index contributed by atoms with van der Waals surface area (Å²) in [5.41, 5.74) is 2.69. The molecule has 2 fully saturated rings. The van der Waals surface area contributed by atoms with Crippen molar-refractivity contribution in [2.45, 2.75) is 19.4 Å². The molecule has 0 radical (unpaired) electrons. The lowest BCUT2D eigenvalue weighted by molar-refractivity contribution is -0.130. The van der Waals surface area contributed by atoms with E-state index in [2.05, 4.69) is 25.0 Å². The molecule has 0 spiro atoms. The van der Waals surface area contributed by atoms with Gasteiger partial charge in [-0.05, 0) is 49.2 Å². The second kappa shape index (κ2) is 10.7. The van der Waals surface area contributed by atoms with Crippen molar-refractivity contribution in [1.29, 1.82) is 0 Å². The Labute approximate surface area is 221 Å². The number of H-pyrrole nitrogens is 1. The van der Waals surface area contributed by atoms with Crippen LogP contribution in [0, 0.1) is 18.6 Å². The number of carbonyl (C=O) groups excluding carboxylic acids is 2. The Balaban J connectivity index is 1.21. The highest BCUT2D eigenvalue weighted by Gasteiger charge is 2.31. The molecular formula is C28H34F2N6O2. The van der Waals surface area contributed by atoms with Crippen LogP contribution < -0.4 is 10.2 Å². The van der Waals surface area contributed by atoms with E-state index in [1.807, 2.05) is 6.92 Å². The summed E-state index contributed by atoms with van der Waals surface area (Å²) >= 11 is 0. The number of anilines is 2. The number of carbonyl (C=O) groups is 2. The van der Waals surface area contributed by atoms with Gasteiger partial charge in [0.15, 0.2) is 0 Å². The van der Waals surface area contributed by atoms with Crippen molar-refractivity contribution in [3.63, 3.8) is 0 Å². The Hall–Kier alpha value is -3.50. The van der Waals surface area contributed by atoms with Crippen molar-refractivity contribution < 1.29 is 18.4 Å². The van der Waals surface area contributed by atoms with E-state index in [0.29, 0.717) is 29.2 Å². The number of aromatic nitrogens is 1. The highest BCUT2D eigenvalue weighted by atomic mass is 19.1. The number of hydrogen-bond acceptors (Lipinski definition) is 5. The lowest BCUT2D eigenvalue weighted by Crippen LogP contribution is -2.52. The highest BCUT2D eigenvalue weighted by Crippen LogP contribution is 2.28. The molecule has 1 atom stereocenters. The fraction of sp³-hybridized carbons (Fsp3) is 0.429. The van der Waals surface area contributed by atoms with Gasteiger partial charge in [0.2, 0.25) is 5.91 Å². The van der Waals surface area contributed by atoms with E-state index >= 15 is 0 Å². The number of piperazine rings is 1. The lowest BCUT2D eigenvalue weighted by Gasteiger charge is -2.38. The number of aromatic amines is 1. The van der Waals surface area contributed by atoms with Gasteiger partial charge in [-0.3, -0.25) is 19.4 Å². The fourth-order valence-corrected chi connectivity index (χ4v) is 5.37. The normalized spacial score (nSPS) is 18.8. The molecule has 5 rings (SSSR count). The summed E-state index contributed by atoms with van der Waals surface area (Å²) in [6.45, 7) is 7.35. The monoisotopic (exact) mass is 524 g/mol. The summed E-state index contributed by atoms with van der Waals surface area (Å²) < 4.78 is 28.8. The van der Waals surface area contributed by atoms with Crippen molar-refractivity contribution in [2.75, 3.05) is 70.1 Å². The van der Waals surface area contributed by atoms with Gasteiger partial charge in [-0.1, -0.05) is 6.07 Å². The number of rotatable bonds is 6. The van der Waals surface area contributed by atoms with Crippen molar-refractivity contribution in [1.82, 2.24) is 19.7 Å². The van der Waals surface area contributed by atoms with Crippen molar-refractivity contribution in [3.8, 4) is 0 Å². The summed E-state index contributed by atoms with van der Waals surface area (Å²) in [5, 5.41) is 3.11. The Morgan fingerprint density at radius 1 is 1.05 bits per heavy atom. The largest absolute Gasteiger partial charge is 0.370 e. The molecule has 0 bridgehead atoms. The highest BCUT2D eigenvalue weighted by molar-refractivity contribution is 6.06. The molecule has 2 aromatic carbocycles. The summed E-state index contributed by atoms with van der Waals surface area (Å²) in [6.07, 6.45) is 0.967. The molecule has 3 heterocycles. The van der Waals surface area contributed by atoms with Gasteiger partial charge in [0.25, 0.3) is 5.91 Å². The van der Waals surface area contributed by atoms with E-state index in [-0.39, 0.29) is 11.6 Å². The third-order valence-electron chi connectivity index (χ3n) is 7.64. The molecule has 3 aromatic rings. The van der Waals surface area contributed by atoms with Crippen LogP contribution in [0.1, 0.15) is 22.5 Å². The minimum absolute atomic E-state index is 0.117. The number of nitrogens with one attached hydrogen (secondary N) is 2. The van der Waals surface area contributed by atoms with Gasteiger partial charge in [-0.2, -0.15) is 0 Å². The van der Waals surface area contributed by atoms with Crippen LogP contribution in [0.2, 0.25) is 0 Å². The maximum absolute atomic E-state index is 14.6. The van der Waals surface area contributed by atoms with Gasteiger partial charge in [0, 0.05) is 76.2 Å². The maximum atomic E-state index is 14.6. The fourth-order valence-electron chi connectivity index (χ4n) is 5.37. The zero-order chi connectivity index (χ0) is 27.0. The summed E-state index contributed by atoms with van der Waals surface area (Å²) in [4.78, 5) is 36.3. The molecule has 2 N–H and O–H groups in total. The van der Waals surface area contributed by atoms with Crippen molar-refractivity contribution in [2.24, 2.45) is 0 Å². The molecule has 2 aliphatic heterocycles. The van der Waals surface area contributed by atoms with Crippen LogP contribution in [-0.2, 0) is 4.79 Å². The molecule has 10 heteroatoms. The number of hydrogen-bond donors (Lipinski definition) is 2. The Morgan fingerprint density at radius 3 is 2.53 bits per heavy atom. The Bertz CT molecular complexity index is 1310. The van der Waals surface area contributed by atoms with Gasteiger partial charge >= 0.3 is 0 Å². The van der Waals surface area contributed by atoms with Gasteiger partial charge in [-0.15, -0.1) is 0 Å². The first kappa shape index (κ1) is 26.1. The van der Waals surface area contributed by atoms with Gasteiger partial charge in [0.1, 0.15) is 17.3 Å². The van der Waals surface area contributed by atoms with E-state index < -0.39 is 17.5 Å². The van der Waals surface area contributed by atoms with Gasteiger partial charge < -0.3 is 20.1 Å². The first-order chi connectivity index (χ1) is 18.2. The molecule has 0 aliphatic carbocycles. The van der Waals surface area contributed by atoms with E-state index in [0.717, 1.165) is 56.9 Å². The van der Waals surface area contributed by atoms with Crippen molar-refractivity contribution in [3.05, 3.63) is 59.3 Å². The Kier molecular flexibility index (Phi) is 7.36. The van der Waals surface area contributed by atoms with Gasteiger partial charge in [-0.25, -0.2) is 8.78 Å². The van der Waals surface area contributed by atoms with E-state index in [4.69, 9.17) is 0 Å².